The third kappa shape index (κ3) is 12.6. The lowest BCUT2D eigenvalue weighted by Crippen LogP contribution is -2.71. The number of nitrogens with one attached hydrogen (secondary N) is 4. The van der Waals surface area contributed by atoms with E-state index in [1.165, 1.54) is 0 Å². The van der Waals surface area contributed by atoms with Crippen LogP contribution in [-0.4, -0.2) is 232 Å². The van der Waals surface area contributed by atoms with Crippen LogP contribution in [0.5, 0.6) is 0 Å². The van der Waals surface area contributed by atoms with Crippen LogP contribution in [0, 0.1) is 0 Å². The van der Waals surface area contributed by atoms with Gasteiger partial charge in [0.1, 0.15) is 97.4 Å². The predicted molar refractivity (Wildman–Crippen MR) is 191 cm³/mol. The Labute approximate surface area is 347 Å². The average Bonchev–Trinajstić information content (AvgIpc) is 3.16. The van der Waals surface area contributed by atoms with Gasteiger partial charge in [-0.3, -0.25) is 23.7 Å². The third-order valence-corrected chi connectivity index (χ3v) is 10.4. The molecule has 4 rings (SSSR count). The molecule has 0 radical (unpaired) electrons. The Morgan fingerprint density at radius 2 is 0.820 bits per heavy atom. The van der Waals surface area contributed by atoms with Gasteiger partial charge in [0, 0.05) is 27.7 Å². The highest BCUT2D eigenvalue weighted by Crippen LogP contribution is 2.34. The first kappa shape index (κ1) is 50.8. The van der Waals surface area contributed by atoms with Gasteiger partial charge in [-0.05, 0) is 0 Å². The molecular formula is C32H54N4O24S. The zero-order chi connectivity index (χ0) is 45.7. The second kappa shape index (κ2) is 21.7. The molecule has 352 valence electrons. The topological polar surface area (TPSA) is 427 Å². The quantitative estimate of drug-likeness (QED) is 0.0639. The Morgan fingerprint density at radius 3 is 1.18 bits per heavy atom. The van der Waals surface area contributed by atoms with Crippen molar-refractivity contribution in [3.05, 3.63) is 0 Å². The minimum absolute atomic E-state index is 0.709. The van der Waals surface area contributed by atoms with E-state index >= 15 is 0 Å². The van der Waals surface area contributed by atoms with Crippen molar-refractivity contribution in [1.29, 1.82) is 0 Å². The van der Waals surface area contributed by atoms with E-state index in [-0.39, 0.29) is 0 Å². The third-order valence-electron chi connectivity index (χ3n) is 10.0. The Balaban J connectivity index is 1.63. The summed E-state index contributed by atoms with van der Waals surface area (Å²) in [6, 6.07) is -6.56. The molecule has 0 aromatic carbocycles. The van der Waals surface area contributed by atoms with Crippen LogP contribution in [0.4, 0.5) is 0 Å². The van der Waals surface area contributed by atoms with Gasteiger partial charge in [-0.1, -0.05) is 0 Å². The molecule has 14 N–H and O–H groups in total. The van der Waals surface area contributed by atoms with Crippen molar-refractivity contribution in [1.82, 2.24) is 21.3 Å². The maximum absolute atomic E-state index is 12.4. The predicted octanol–water partition coefficient (Wildman–Crippen LogP) is -9.35. The number of amides is 4. The summed E-state index contributed by atoms with van der Waals surface area (Å²) in [6.07, 6.45) is -28.8. The molecule has 4 saturated heterocycles. The fraction of sp³-hybridized carbons (Fsp3) is 0.875. The average molecular weight is 911 g/mol. The van der Waals surface area contributed by atoms with Crippen molar-refractivity contribution in [2.45, 2.75) is 150 Å². The number of aliphatic hydroxyl groups is 9. The molecule has 28 nitrogen and oxygen atoms in total. The van der Waals surface area contributed by atoms with Crippen LogP contribution in [0.2, 0.25) is 0 Å². The fourth-order valence-corrected chi connectivity index (χ4v) is 7.62. The number of ether oxygens (including phenoxy) is 7. The highest BCUT2D eigenvalue weighted by Gasteiger charge is 2.56. The molecule has 29 heteroatoms. The second-order valence-corrected chi connectivity index (χ2v) is 15.7. The van der Waals surface area contributed by atoms with Gasteiger partial charge in [0.25, 0.3) is 0 Å². The fourth-order valence-electron chi connectivity index (χ4n) is 7.31. The zero-order valence-electron chi connectivity index (χ0n) is 33.0. The van der Waals surface area contributed by atoms with Crippen molar-refractivity contribution in [3.8, 4) is 0 Å². The Bertz CT molecular complexity index is 1620. The molecule has 4 fully saturated rings. The first-order valence-electron chi connectivity index (χ1n) is 18.7. The minimum Gasteiger partial charge on any atom is -0.394 e. The molecule has 0 aliphatic carbocycles. The summed E-state index contributed by atoms with van der Waals surface area (Å²) < 4.78 is 76.7. The van der Waals surface area contributed by atoms with Crippen molar-refractivity contribution < 1.29 is 115 Å². The monoisotopic (exact) mass is 910 g/mol. The molecule has 0 spiro atoms. The van der Waals surface area contributed by atoms with E-state index < -0.39 is 183 Å². The van der Waals surface area contributed by atoms with Crippen molar-refractivity contribution in [2.24, 2.45) is 0 Å². The Hall–Kier alpha value is -2.89. The maximum Gasteiger partial charge on any atom is 0.397 e. The number of hydrogen-bond donors (Lipinski definition) is 14. The van der Waals surface area contributed by atoms with Crippen molar-refractivity contribution >= 4 is 34.0 Å². The highest BCUT2D eigenvalue weighted by molar-refractivity contribution is 7.80. The summed E-state index contributed by atoms with van der Waals surface area (Å²) in [5, 5.41) is 106. The molecule has 4 aliphatic heterocycles. The van der Waals surface area contributed by atoms with Crippen molar-refractivity contribution in [3.63, 3.8) is 0 Å². The normalized spacial score (nSPS) is 41.9. The Kier molecular flexibility index (Phi) is 18.0. The lowest BCUT2D eigenvalue weighted by molar-refractivity contribution is -0.361. The largest absolute Gasteiger partial charge is 0.397 e. The van der Waals surface area contributed by atoms with Gasteiger partial charge < -0.3 is 100 Å². The molecular weight excluding hydrogens is 856 g/mol. The van der Waals surface area contributed by atoms with Crippen LogP contribution in [0.3, 0.4) is 0 Å². The van der Waals surface area contributed by atoms with E-state index in [2.05, 4.69) is 25.5 Å². The summed E-state index contributed by atoms with van der Waals surface area (Å²) in [7, 11) is -5.14. The lowest BCUT2D eigenvalue weighted by Gasteiger charge is -2.51. The first-order chi connectivity index (χ1) is 28.5. The molecule has 4 amide bonds. The van der Waals surface area contributed by atoms with Gasteiger partial charge in [0.05, 0.1) is 26.4 Å². The summed E-state index contributed by atoms with van der Waals surface area (Å²) in [6.45, 7) is 0.251. The van der Waals surface area contributed by atoms with Crippen molar-refractivity contribution in [2.75, 3.05) is 26.4 Å². The van der Waals surface area contributed by atoms with Crippen LogP contribution in [0.25, 0.3) is 0 Å². The lowest BCUT2D eigenvalue weighted by atomic mass is 9.93. The molecule has 4 aliphatic rings. The summed E-state index contributed by atoms with van der Waals surface area (Å²) in [5.41, 5.74) is 0. The molecule has 0 aromatic rings. The van der Waals surface area contributed by atoms with Gasteiger partial charge >= 0.3 is 10.4 Å². The number of rotatable bonds is 16. The van der Waals surface area contributed by atoms with Crippen LogP contribution in [0.15, 0.2) is 0 Å². The van der Waals surface area contributed by atoms with Gasteiger partial charge in [0.15, 0.2) is 25.2 Å². The van der Waals surface area contributed by atoms with E-state index in [9.17, 15) is 73.6 Å². The molecule has 4 heterocycles. The maximum atomic E-state index is 12.4. The second-order valence-electron chi connectivity index (χ2n) is 14.6. The van der Waals surface area contributed by atoms with Crippen LogP contribution >= 0.6 is 0 Å². The van der Waals surface area contributed by atoms with Gasteiger partial charge in [-0.15, -0.1) is 0 Å². The van der Waals surface area contributed by atoms with Gasteiger partial charge in [0.2, 0.25) is 23.6 Å². The molecule has 0 aromatic heterocycles. The SMILES string of the molecule is CC(=O)N[C@H]1C(O)O[C@H](COS(=O)(=O)O)[C@@H](O[C@H]2O[C@H](CO)[C@@H](O[C@@H]3O[C@H](CO)[C@@H](O[C@H]4O[C@H](CO)[C@@H](O)[C@H](O)[C@H]4NC(C)=O)C(O)[C@H]3NC(C)=O)[C@H](O)[C@H]2NC(C)=O)C1O. The number of carbonyl (C=O) groups is 4. The molecule has 3 unspecified atom stereocenters. The number of hydrogen-bond acceptors (Lipinski definition) is 23. The minimum atomic E-state index is -5.14. The molecule has 61 heavy (non-hydrogen) atoms. The van der Waals surface area contributed by atoms with Crippen LogP contribution < -0.4 is 21.3 Å². The summed E-state index contributed by atoms with van der Waals surface area (Å²) in [4.78, 5) is 48.7. The molecule has 0 saturated carbocycles. The van der Waals surface area contributed by atoms with Gasteiger partial charge in [-0.25, -0.2) is 4.18 Å². The smallest absolute Gasteiger partial charge is 0.394 e. The van der Waals surface area contributed by atoms with Crippen LogP contribution in [0.1, 0.15) is 27.7 Å². The number of carbonyl (C=O) groups excluding carboxylic acids is 4. The number of aliphatic hydroxyl groups excluding tert-OH is 9. The van der Waals surface area contributed by atoms with E-state index in [1.807, 2.05) is 0 Å². The van der Waals surface area contributed by atoms with Gasteiger partial charge in [-0.2, -0.15) is 8.42 Å². The molecule has 20 atom stereocenters. The highest BCUT2D eigenvalue weighted by atomic mass is 32.3. The standard InChI is InChI=1S/C32H54N4O24S/c1-9(40)33-17-23(46)28(16(54-29(17)49)8-53-61(50,51)52)60-32-20(36-12(4)43)25(48)27(15(7-39)57-32)59-31-19(35-11(3)42)24(47)26(14(6-38)56-31)58-30-18(34-10(2)41)22(45)21(44)13(5-37)55-30/h13-32,37-39,44-49H,5-8H2,1-4H3,(H,33,40)(H,34,41)(H,35,42)(H,36,43)(H,50,51,52)/t13-,14-,15-,16-,17-,18-,19-,20-,21-,22-,23?,24?,25-,26-,27-,28-,29?,30-,31+,32-/m1/s1. The van der Waals surface area contributed by atoms with E-state index in [0.717, 1.165) is 27.7 Å². The first-order valence-corrected chi connectivity index (χ1v) is 20.1. The Morgan fingerprint density at radius 1 is 0.492 bits per heavy atom. The zero-order valence-corrected chi connectivity index (χ0v) is 33.8. The van der Waals surface area contributed by atoms with E-state index in [4.69, 9.17) is 37.7 Å². The van der Waals surface area contributed by atoms with Crippen LogP contribution in [-0.2, 0) is 66.9 Å². The molecule has 0 bridgehead atoms. The van der Waals surface area contributed by atoms with E-state index in [1.54, 1.807) is 0 Å². The van der Waals surface area contributed by atoms with E-state index in [0.29, 0.717) is 0 Å². The summed E-state index contributed by atoms with van der Waals surface area (Å²) >= 11 is 0. The summed E-state index contributed by atoms with van der Waals surface area (Å²) in [5.74, 6) is -3.10.